The number of rotatable bonds is 7. The van der Waals surface area contributed by atoms with E-state index in [1.807, 2.05) is 24.8 Å². The summed E-state index contributed by atoms with van der Waals surface area (Å²) >= 11 is 1.83. The fourth-order valence-electron chi connectivity index (χ4n) is 1.07. The first-order valence-corrected chi connectivity index (χ1v) is 6.45. The van der Waals surface area contributed by atoms with E-state index in [4.69, 9.17) is 0 Å². The Morgan fingerprint density at radius 1 is 1.60 bits per heavy atom. The summed E-state index contributed by atoms with van der Waals surface area (Å²) < 4.78 is 4.66. The normalized spacial score (nSPS) is 13.7. The summed E-state index contributed by atoms with van der Waals surface area (Å²) in [6, 6.07) is 0. The van der Waals surface area contributed by atoms with Gasteiger partial charge in [-0.05, 0) is 12.7 Å². The van der Waals surface area contributed by atoms with Gasteiger partial charge in [0, 0.05) is 23.9 Å². The minimum absolute atomic E-state index is 0.225. The van der Waals surface area contributed by atoms with Gasteiger partial charge >= 0.3 is 5.97 Å². The maximum atomic E-state index is 11.2. The molecular weight excluding hydrogens is 210 g/mol. The Hall–Kier alpha value is -0.480. The first kappa shape index (κ1) is 14.5. The van der Waals surface area contributed by atoms with E-state index >= 15 is 0 Å². The van der Waals surface area contributed by atoms with Gasteiger partial charge in [0.25, 0.3) is 0 Å². The fourth-order valence-corrected chi connectivity index (χ4v) is 1.35. The summed E-state index contributed by atoms with van der Waals surface area (Å²) in [5.74, 6) is -0.225. The topological polar surface area (TPSA) is 38.3 Å². The van der Waals surface area contributed by atoms with Crippen LogP contribution in [-0.2, 0) is 9.53 Å². The van der Waals surface area contributed by atoms with Crippen molar-refractivity contribution >= 4 is 17.7 Å². The molecule has 1 N–H and O–H groups in total. The average molecular weight is 231 g/mol. The number of ether oxygens (including phenoxy) is 1. The maximum absolute atomic E-state index is 11.2. The second-order valence-corrected chi connectivity index (χ2v) is 4.56. The van der Waals surface area contributed by atoms with Gasteiger partial charge in [-0.3, -0.25) is 0 Å². The minimum atomic E-state index is -0.225. The Bertz CT molecular complexity index is 217. The first-order valence-electron chi connectivity index (χ1n) is 5.16. The number of thioether (sulfide) groups is 1. The second kappa shape index (κ2) is 8.80. The average Bonchev–Trinajstić information content (AvgIpc) is 2.27. The van der Waals surface area contributed by atoms with Crippen molar-refractivity contribution in [2.45, 2.75) is 25.5 Å². The van der Waals surface area contributed by atoms with Gasteiger partial charge in [-0.1, -0.05) is 19.9 Å². The fraction of sp³-hybridized carbons (Fsp3) is 0.727. The van der Waals surface area contributed by atoms with Gasteiger partial charge in [0.05, 0.1) is 7.11 Å². The van der Waals surface area contributed by atoms with Crippen molar-refractivity contribution in [1.29, 1.82) is 0 Å². The molecule has 0 aliphatic rings. The number of hydrogen-bond donors (Lipinski definition) is 1. The molecule has 0 saturated heterocycles. The first-order chi connectivity index (χ1) is 7.15. The molecule has 0 radical (unpaired) electrons. The number of hydrogen-bond acceptors (Lipinski definition) is 4. The van der Waals surface area contributed by atoms with Crippen LogP contribution < -0.4 is 5.32 Å². The molecule has 0 aliphatic heterocycles. The van der Waals surface area contributed by atoms with Crippen LogP contribution in [0.15, 0.2) is 11.6 Å². The highest BCUT2D eigenvalue weighted by atomic mass is 32.2. The van der Waals surface area contributed by atoms with Crippen molar-refractivity contribution in [2.75, 3.05) is 26.5 Å². The summed E-state index contributed by atoms with van der Waals surface area (Å²) in [6.07, 6.45) is 4.71. The number of nitrogens with one attached hydrogen (secondary N) is 1. The van der Waals surface area contributed by atoms with E-state index in [0.717, 1.165) is 18.7 Å². The van der Waals surface area contributed by atoms with Crippen LogP contribution in [0.2, 0.25) is 0 Å². The standard InChI is InChI=1S/C11H21NO2S/c1-5-10(11(13)14-3)6-7-12-8-9(2)15-4/h6,9,12H,5,7-8H2,1-4H3. The van der Waals surface area contributed by atoms with Crippen molar-refractivity contribution in [2.24, 2.45) is 0 Å². The van der Waals surface area contributed by atoms with E-state index in [9.17, 15) is 4.79 Å². The zero-order valence-electron chi connectivity index (χ0n) is 10.0. The molecule has 3 nitrogen and oxygen atoms in total. The lowest BCUT2D eigenvalue weighted by Crippen LogP contribution is -2.23. The highest BCUT2D eigenvalue weighted by molar-refractivity contribution is 7.99. The number of methoxy groups -OCH3 is 1. The molecule has 0 aliphatic carbocycles. The number of esters is 1. The van der Waals surface area contributed by atoms with Crippen LogP contribution in [-0.4, -0.2) is 37.7 Å². The third-order valence-electron chi connectivity index (χ3n) is 2.16. The Labute approximate surface area is 96.6 Å². The van der Waals surface area contributed by atoms with Crippen LogP contribution in [0, 0.1) is 0 Å². The van der Waals surface area contributed by atoms with Crippen molar-refractivity contribution in [3.8, 4) is 0 Å². The lowest BCUT2D eigenvalue weighted by molar-refractivity contribution is -0.136. The molecule has 15 heavy (non-hydrogen) atoms. The van der Waals surface area contributed by atoms with Crippen LogP contribution in [0.4, 0.5) is 0 Å². The largest absolute Gasteiger partial charge is 0.466 e. The molecule has 0 aromatic rings. The molecule has 88 valence electrons. The zero-order valence-corrected chi connectivity index (χ0v) is 10.8. The molecule has 1 unspecified atom stereocenters. The Morgan fingerprint density at radius 3 is 2.73 bits per heavy atom. The molecule has 0 saturated carbocycles. The summed E-state index contributed by atoms with van der Waals surface area (Å²) in [7, 11) is 1.41. The van der Waals surface area contributed by atoms with Crippen LogP contribution in [0.25, 0.3) is 0 Å². The lowest BCUT2D eigenvalue weighted by atomic mass is 10.2. The summed E-state index contributed by atoms with van der Waals surface area (Å²) in [6.45, 7) is 5.80. The molecule has 4 heteroatoms. The Morgan fingerprint density at radius 2 is 2.27 bits per heavy atom. The highest BCUT2D eigenvalue weighted by Gasteiger charge is 2.05. The van der Waals surface area contributed by atoms with Crippen molar-refractivity contribution in [3.05, 3.63) is 11.6 Å². The van der Waals surface area contributed by atoms with E-state index in [0.29, 0.717) is 11.7 Å². The molecule has 0 aromatic heterocycles. The molecule has 0 fully saturated rings. The predicted octanol–water partition coefficient (Wildman–Crippen LogP) is 1.84. The SMILES string of the molecule is CCC(=CCNCC(C)SC)C(=O)OC. The van der Waals surface area contributed by atoms with E-state index in [1.165, 1.54) is 7.11 Å². The predicted molar refractivity (Wildman–Crippen MR) is 66.2 cm³/mol. The van der Waals surface area contributed by atoms with Crippen LogP contribution in [0.1, 0.15) is 20.3 Å². The van der Waals surface area contributed by atoms with Gasteiger partial charge in [-0.15, -0.1) is 0 Å². The van der Waals surface area contributed by atoms with E-state index < -0.39 is 0 Å². The van der Waals surface area contributed by atoms with Crippen molar-refractivity contribution < 1.29 is 9.53 Å². The second-order valence-electron chi connectivity index (χ2n) is 3.28. The van der Waals surface area contributed by atoms with E-state index in [2.05, 4.69) is 23.2 Å². The van der Waals surface area contributed by atoms with Gasteiger partial charge in [0.15, 0.2) is 0 Å². The molecule has 0 spiro atoms. The summed E-state index contributed by atoms with van der Waals surface area (Å²) in [4.78, 5) is 11.2. The Kier molecular flexibility index (Phi) is 8.52. The quantitative estimate of drug-likeness (QED) is 0.412. The van der Waals surface area contributed by atoms with Crippen LogP contribution in [0.5, 0.6) is 0 Å². The number of carbonyl (C=O) groups is 1. The van der Waals surface area contributed by atoms with Crippen LogP contribution >= 0.6 is 11.8 Å². The summed E-state index contributed by atoms with van der Waals surface area (Å²) in [5, 5.41) is 3.87. The minimum Gasteiger partial charge on any atom is -0.466 e. The zero-order chi connectivity index (χ0) is 11.7. The molecule has 0 aromatic carbocycles. The third kappa shape index (κ3) is 6.57. The molecule has 0 heterocycles. The molecular formula is C11H21NO2S. The van der Waals surface area contributed by atoms with Crippen molar-refractivity contribution in [1.82, 2.24) is 5.32 Å². The van der Waals surface area contributed by atoms with Gasteiger partial charge < -0.3 is 10.1 Å². The summed E-state index contributed by atoms with van der Waals surface area (Å²) in [5.41, 5.74) is 0.738. The molecule has 0 rings (SSSR count). The smallest absolute Gasteiger partial charge is 0.333 e. The van der Waals surface area contributed by atoms with Gasteiger partial charge in [0.2, 0.25) is 0 Å². The number of carbonyl (C=O) groups excluding carboxylic acids is 1. The van der Waals surface area contributed by atoms with Gasteiger partial charge in [-0.25, -0.2) is 4.79 Å². The maximum Gasteiger partial charge on any atom is 0.333 e. The molecule has 0 bridgehead atoms. The van der Waals surface area contributed by atoms with E-state index in [-0.39, 0.29) is 5.97 Å². The highest BCUT2D eigenvalue weighted by Crippen LogP contribution is 2.03. The lowest BCUT2D eigenvalue weighted by Gasteiger charge is -2.08. The molecule has 0 amide bonds. The third-order valence-corrected chi connectivity index (χ3v) is 3.13. The monoisotopic (exact) mass is 231 g/mol. The van der Waals surface area contributed by atoms with Gasteiger partial charge in [-0.2, -0.15) is 11.8 Å². The van der Waals surface area contributed by atoms with Gasteiger partial charge in [0.1, 0.15) is 0 Å². The van der Waals surface area contributed by atoms with Crippen molar-refractivity contribution in [3.63, 3.8) is 0 Å². The van der Waals surface area contributed by atoms with Crippen LogP contribution in [0.3, 0.4) is 0 Å². The van der Waals surface area contributed by atoms with E-state index in [1.54, 1.807) is 0 Å². The Balaban J connectivity index is 3.86. The molecule has 1 atom stereocenters.